The molecule has 1 aromatic heterocycles. The molecule has 0 unspecified atom stereocenters. The highest BCUT2D eigenvalue weighted by molar-refractivity contribution is 6.05. The number of benzene rings is 2. The van der Waals surface area contributed by atoms with Gasteiger partial charge in [-0.15, -0.1) is 0 Å². The van der Waals surface area contributed by atoms with Crippen LogP contribution in [0.5, 0.6) is 0 Å². The highest BCUT2D eigenvalue weighted by Gasteiger charge is 2.44. The van der Waals surface area contributed by atoms with Gasteiger partial charge < -0.3 is 10.1 Å². The molecule has 2 heterocycles. The van der Waals surface area contributed by atoms with Gasteiger partial charge >= 0.3 is 5.97 Å². The first kappa shape index (κ1) is 22.1. The molecule has 2 aliphatic rings. The number of rotatable bonds is 6. The third kappa shape index (κ3) is 4.04. The Kier molecular flexibility index (Phi) is 6.04. The summed E-state index contributed by atoms with van der Waals surface area (Å²) in [5.41, 5.74) is 2.67. The number of imidazole rings is 1. The Balaban J connectivity index is 1.37. The van der Waals surface area contributed by atoms with Crippen LogP contribution in [0.15, 0.2) is 48.5 Å². The average molecular weight is 461 g/mol. The van der Waals surface area contributed by atoms with Crippen molar-refractivity contribution in [2.45, 2.75) is 57.5 Å². The van der Waals surface area contributed by atoms with Gasteiger partial charge in [0.05, 0.1) is 29.6 Å². The minimum absolute atomic E-state index is 0.00896. The van der Waals surface area contributed by atoms with Crippen molar-refractivity contribution >= 4 is 40.5 Å². The Labute approximate surface area is 197 Å². The molecule has 1 saturated carbocycles. The lowest BCUT2D eigenvalue weighted by Gasteiger charge is -2.30. The third-order valence-electron chi connectivity index (χ3n) is 6.63. The molecule has 3 aromatic rings. The molecule has 8 heteroatoms. The Bertz CT molecular complexity index is 1230. The van der Waals surface area contributed by atoms with Gasteiger partial charge in [-0.05, 0) is 56.2 Å². The monoisotopic (exact) mass is 460 g/mol. The van der Waals surface area contributed by atoms with E-state index in [-0.39, 0.29) is 24.3 Å². The van der Waals surface area contributed by atoms with Crippen molar-refractivity contribution in [3.8, 4) is 0 Å². The number of nitrogens with one attached hydrogen (secondary N) is 1. The molecule has 2 aromatic carbocycles. The molecule has 34 heavy (non-hydrogen) atoms. The van der Waals surface area contributed by atoms with E-state index in [9.17, 15) is 14.4 Å². The molecule has 0 saturated heterocycles. The molecule has 0 bridgehead atoms. The minimum Gasteiger partial charge on any atom is -0.462 e. The number of para-hydroxylation sites is 2. The molecule has 1 atom stereocenters. The molecular weight excluding hydrogens is 432 g/mol. The maximum absolute atomic E-state index is 13.6. The zero-order chi connectivity index (χ0) is 23.7. The predicted molar refractivity (Wildman–Crippen MR) is 129 cm³/mol. The summed E-state index contributed by atoms with van der Waals surface area (Å²) in [4.78, 5) is 45.0. The summed E-state index contributed by atoms with van der Waals surface area (Å²) in [6.45, 7) is 2.05. The number of hydrogen-bond donors (Lipinski definition) is 1. The molecule has 5 rings (SSSR count). The Morgan fingerprint density at radius 3 is 2.53 bits per heavy atom. The maximum Gasteiger partial charge on any atom is 0.338 e. The molecular formula is C26H28N4O4. The van der Waals surface area contributed by atoms with Crippen molar-refractivity contribution in [2.75, 3.05) is 16.8 Å². The van der Waals surface area contributed by atoms with Gasteiger partial charge in [-0.25, -0.2) is 9.78 Å². The molecule has 2 amide bonds. The van der Waals surface area contributed by atoms with Gasteiger partial charge in [-0.1, -0.05) is 31.4 Å². The number of aromatic nitrogens is 2. The molecule has 0 radical (unpaired) electrons. The number of fused-ring (bicyclic) bond motifs is 3. The van der Waals surface area contributed by atoms with Crippen LogP contribution in [0.1, 0.15) is 61.8 Å². The highest BCUT2D eigenvalue weighted by atomic mass is 16.5. The molecule has 1 fully saturated rings. The summed E-state index contributed by atoms with van der Waals surface area (Å²) in [5, 5.41) is 2.86. The summed E-state index contributed by atoms with van der Waals surface area (Å²) in [6.07, 6.45) is 5.31. The largest absolute Gasteiger partial charge is 0.462 e. The summed E-state index contributed by atoms with van der Waals surface area (Å²) in [7, 11) is 0. The van der Waals surface area contributed by atoms with E-state index >= 15 is 0 Å². The van der Waals surface area contributed by atoms with Crippen molar-refractivity contribution in [1.29, 1.82) is 0 Å². The number of anilines is 2. The van der Waals surface area contributed by atoms with E-state index in [4.69, 9.17) is 9.72 Å². The Morgan fingerprint density at radius 2 is 1.79 bits per heavy atom. The summed E-state index contributed by atoms with van der Waals surface area (Å²) < 4.78 is 6.92. The second-order valence-electron chi connectivity index (χ2n) is 8.84. The van der Waals surface area contributed by atoms with E-state index < -0.39 is 12.0 Å². The van der Waals surface area contributed by atoms with E-state index in [1.165, 1.54) is 6.42 Å². The predicted octanol–water partition coefficient (Wildman–Crippen LogP) is 4.46. The topological polar surface area (TPSA) is 93.5 Å². The van der Waals surface area contributed by atoms with Crippen LogP contribution in [0.3, 0.4) is 0 Å². The van der Waals surface area contributed by atoms with Gasteiger partial charge in [0.1, 0.15) is 6.04 Å². The Hall–Kier alpha value is -3.68. The number of carbonyl (C=O) groups is 3. The normalized spacial score (nSPS) is 18.2. The molecule has 1 N–H and O–H groups in total. The van der Waals surface area contributed by atoms with Crippen molar-refractivity contribution in [3.05, 3.63) is 54.1 Å². The van der Waals surface area contributed by atoms with E-state index in [1.807, 2.05) is 33.7 Å². The van der Waals surface area contributed by atoms with Crippen molar-refractivity contribution in [1.82, 2.24) is 9.55 Å². The first-order chi connectivity index (χ1) is 16.6. The van der Waals surface area contributed by atoms with Crippen LogP contribution >= 0.6 is 0 Å². The fraction of sp³-hybridized carbons (Fsp3) is 0.385. The highest BCUT2D eigenvalue weighted by Crippen LogP contribution is 2.40. The molecule has 176 valence electrons. The zero-order valence-corrected chi connectivity index (χ0v) is 19.2. The number of ether oxygens (including phenoxy) is 1. The quantitative estimate of drug-likeness (QED) is 0.548. The first-order valence-corrected chi connectivity index (χ1v) is 11.9. The van der Waals surface area contributed by atoms with Gasteiger partial charge in [-0.2, -0.15) is 0 Å². The number of esters is 1. The first-order valence-electron chi connectivity index (χ1n) is 11.9. The lowest BCUT2D eigenvalue weighted by atomic mass is 9.94. The smallest absolute Gasteiger partial charge is 0.338 e. The number of nitrogens with zero attached hydrogens (tertiary/aromatic N) is 3. The second kappa shape index (κ2) is 9.29. The van der Waals surface area contributed by atoms with Crippen LogP contribution in [0.25, 0.3) is 11.0 Å². The summed E-state index contributed by atoms with van der Waals surface area (Å²) in [5.74, 6) is -0.0849. The maximum atomic E-state index is 13.6. The zero-order valence-electron chi connectivity index (χ0n) is 19.2. The number of amides is 2. The van der Waals surface area contributed by atoms with Gasteiger partial charge in [0.15, 0.2) is 0 Å². The second-order valence-corrected chi connectivity index (χ2v) is 8.84. The molecule has 0 spiro atoms. The standard InChI is InChI=1S/C26H28N4O4/c1-2-34-25(33)17-12-14-18(15-13-17)27-23(31)16-22-24(32)29(19-8-4-3-5-9-19)26-28-20-10-6-7-11-21(20)30(22)26/h6-7,10-15,19,22H,2-5,8-9,16H2,1H3,(H,27,31)/t22-/m0/s1. The van der Waals surface area contributed by atoms with E-state index in [0.717, 1.165) is 36.7 Å². The number of carbonyl (C=O) groups excluding carboxylic acids is 3. The van der Waals surface area contributed by atoms with Gasteiger partial charge in [0.25, 0.3) is 5.91 Å². The molecule has 8 nitrogen and oxygen atoms in total. The third-order valence-corrected chi connectivity index (χ3v) is 6.63. The van der Waals surface area contributed by atoms with Crippen LogP contribution in [-0.2, 0) is 14.3 Å². The van der Waals surface area contributed by atoms with Gasteiger partial charge in [-0.3, -0.25) is 19.1 Å². The fourth-order valence-electron chi connectivity index (χ4n) is 5.03. The lowest BCUT2D eigenvalue weighted by Crippen LogP contribution is -2.41. The minimum atomic E-state index is -0.636. The van der Waals surface area contributed by atoms with Crippen LogP contribution < -0.4 is 10.2 Å². The SMILES string of the molecule is CCOC(=O)c1ccc(NC(=O)C[C@H]2C(=O)N(C3CCCCC3)c3nc4ccccc4n32)cc1. The van der Waals surface area contributed by atoms with Crippen molar-refractivity contribution in [3.63, 3.8) is 0 Å². The Morgan fingerprint density at radius 1 is 1.06 bits per heavy atom. The van der Waals surface area contributed by atoms with E-state index in [0.29, 0.717) is 23.8 Å². The van der Waals surface area contributed by atoms with Crippen molar-refractivity contribution in [2.24, 2.45) is 0 Å². The lowest BCUT2D eigenvalue weighted by molar-refractivity contribution is -0.125. The van der Waals surface area contributed by atoms with E-state index in [1.54, 1.807) is 31.2 Å². The van der Waals surface area contributed by atoms with Gasteiger partial charge in [0, 0.05) is 11.7 Å². The van der Waals surface area contributed by atoms with Crippen molar-refractivity contribution < 1.29 is 19.1 Å². The molecule has 1 aliphatic heterocycles. The molecule has 1 aliphatic carbocycles. The fourth-order valence-corrected chi connectivity index (χ4v) is 5.03. The van der Waals surface area contributed by atoms with Crippen LogP contribution in [0.2, 0.25) is 0 Å². The summed E-state index contributed by atoms with van der Waals surface area (Å²) >= 11 is 0. The number of hydrogen-bond acceptors (Lipinski definition) is 5. The van der Waals surface area contributed by atoms with Gasteiger partial charge in [0.2, 0.25) is 11.9 Å². The van der Waals surface area contributed by atoms with Crippen LogP contribution in [0, 0.1) is 0 Å². The van der Waals surface area contributed by atoms with Crippen LogP contribution in [-0.4, -0.2) is 40.0 Å². The summed E-state index contributed by atoms with van der Waals surface area (Å²) in [6, 6.07) is 13.8. The van der Waals surface area contributed by atoms with Crippen LogP contribution in [0.4, 0.5) is 11.6 Å². The average Bonchev–Trinajstić information content (AvgIpc) is 3.34. The van der Waals surface area contributed by atoms with E-state index in [2.05, 4.69) is 5.32 Å².